The number of benzene rings is 1. The summed E-state index contributed by atoms with van der Waals surface area (Å²) in [5.41, 5.74) is -0.0140. The molecule has 0 aromatic heterocycles. The molecule has 1 aliphatic rings. The van der Waals surface area contributed by atoms with E-state index in [0.29, 0.717) is 0 Å². The summed E-state index contributed by atoms with van der Waals surface area (Å²) >= 11 is 0. The van der Waals surface area contributed by atoms with Crippen molar-refractivity contribution in [1.29, 1.82) is 0 Å². The molecule has 0 aliphatic carbocycles. The lowest BCUT2D eigenvalue weighted by molar-refractivity contribution is -0.0271. The molecule has 0 amide bonds. The van der Waals surface area contributed by atoms with Crippen LogP contribution in [0.15, 0.2) is 24.3 Å². The maximum atomic E-state index is 14.3. The molecule has 1 aliphatic heterocycles. The van der Waals surface area contributed by atoms with Crippen molar-refractivity contribution >= 4 is 0 Å². The van der Waals surface area contributed by atoms with Crippen molar-refractivity contribution in [3.63, 3.8) is 0 Å². The zero-order chi connectivity index (χ0) is 13.0. The Balaban J connectivity index is 2.13. The topological polar surface area (TPSA) is 21.3 Å². The van der Waals surface area contributed by atoms with Crippen molar-refractivity contribution in [2.75, 3.05) is 13.7 Å². The van der Waals surface area contributed by atoms with Gasteiger partial charge in [0.1, 0.15) is 5.75 Å². The van der Waals surface area contributed by atoms with Crippen LogP contribution in [0.4, 0.5) is 8.78 Å². The van der Waals surface area contributed by atoms with Gasteiger partial charge in [0.25, 0.3) is 5.92 Å². The molecule has 2 nitrogen and oxygen atoms in total. The van der Waals surface area contributed by atoms with Crippen LogP contribution in [0.25, 0.3) is 0 Å². The predicted molar refractivity (Wildman–Crippen MR) is 67.1 cm³/mol. The van der Waals surface area contributed by atoms with E-state index >= 15 is 0 Å². The van der Waals surface area contributed by atoms with Gasteiger partial charge in [-0.3, -0.25) is 0 Å². The van der Waals surface area contributed by atoms with Crippen molar-refractivity contribution in [3.05, 3.63) is 29.8 Å². The molecule has 0 radical (unpaired) electrons. The molecular weight excluding hydrogens is 236 g/mol. The SMILES string of the molecule is COc1ccccc1C(F)(F)CC1CCCCN1. The lowest BCUT2D eigenvalue weighted by Crippen LogP contribution is -2.38. The normalized spacial score (nSPS) is 20.7. The van der Waals surface area contributed by atoms with Gasteiger partial charge in [0.05, 0.1) is 12.7 Å². The summed E-state index contributed by atoms with van der Waals surface area (Å²) in [5.74, 6) is -2.58. The smallest absolute Gasteiger partial charge is 0.278 e. The van der Waals surface area contributed by atoms with E-state index in [1.54, 1.807) is 18.2 Å². The molecule has 4 heteroatoms. The van der Waals surface area contributed by atoms with E-state index < -0.39 is 5.92 Å². The second-order valence-corrected chi connectivity index (χ2v) is 4.76. The van der Waals surface area contributed by atoms with Gasteiger partial charge in [-0.1, -0.05) is 18.6 Å². The second-order valence-electron chi connectivity index (χ2n) is 4.76. The maximum absolute atomic E-state index is 14.3. The summed E-state index contributed by atoms with van der Waals surface area (Å²) < 4.78 is 33.6. The van der Waals surface area contributed by atoms with Gasteiger partial charge in [-0.2, -0.15) is 0 Å². The summed E-state index contributed by atoms with van der Waals surface area (Å²) in [6.45, 7) is 0.840. The number of piperidine rings is 1. The fraction of sp³-hybridized carbons (Fsp3) is 0.571. The van der Waals surface area contributed by atoms with Crippen molar-refractivity contribution in [1.82, 2.24) is 5.32 Å². The van der Waals surface area contributed by atoms with Crippen LogP contribution in [0.2, 0.25) is 0 Å². The minimum atomic E-state index is -2.85. The Morgan fingerprint density at radius 2 is 2.11 bits per heavy atom. The first-order chi connectivity index (χ1) is 8.63. The van der Waals surface area contributed by atoms with E-state index in [1.807, 2.05) is 0 Å². The van der Waals surface area contributed by atoms with Crippen LogP contribution in [-0.4, -0.2) is 19.7 Å². The van der Waals surface area contributed by atoms with Crippen molar-refractivity contribution in [2.24, 2.45) is 0 Å². The van der Waals surface area contributed by atoms with Crippen LogP contribution in [0.1, 0.15) is 31.2 Å². The number of alkyl halides is 2. The number of methoxy groups -OCH3 is 1. The molecule has 1 unspecified atom stereocenters. The lowest BCUT2D eigenvalue weighted by Gasteiger charge is -2.28. The highest BCUT2D eigenvalue weighted by atomic mass is 19.3. The average Bonchev–Trinajstić information content (AvgIpc) is 2.39. The molecule has 0 bridgehead atoms. The van der Waals surface area contributed by atoms with Crippen LogP contribution in [0, 0.1) is 0 Å². The van der Waals surface area contributed by atoms with Gasteiger partial charge >= 0.3 is 0 Å². The van der Waals surface area contributed by atoms with Crippen molar-refractivity contribution in [2.45, 2.75) is 37.6 Å². The van der Waals surface area contributed by atoms with E-state index in [9.17, 15) is 8.78 Å². The first-order valence-electron chi connectivity index (χ1n) is 6.38. The van der Waals surface area contributed by atoms with Crippen molar-refractivity contribution < 1.29 is 13.5 Å². The van der Waals surface area contributed by atoms with Crippen LogP contribution >= 0.6 is 0 Å². The summed E-state index contributed by atoms with van der Waals surface area (Å²) in [6, 6.07) is 6.26. The van der Waals surface area contributed by atoms with Gasteiger partial charge in [-0.15, -0.1) is 0 Å². The van der Waals surface area contributed by atoms with E-state index in [0.717, 1.165) is 25.8 Å². The number of para-hydroxylation sites is 1. The van der Waals surface area contributed by atoms with Gasteiger partial charge in [0, 0.05) is 12.5 Å². The Morgan fingerprint density at radius 1 is 1.33 bits per heavy atom. The average molecular weight is 255 g/mol. The molecule has 1 N–H and O–H groups in total. The third kappa shape index (κ3) is 2.99. The zero-order valence-corrected chi connectivity index (χ0v) is 10.6. The summed E-state index contributed by atoms with van der Waals surface area (Å²) in [7, 11) is 1.42. The quantitative estimate of drug-likeness (QED) is 0.891. The highest BCUT2D eigenvalue weighted by Crippen LogP contribution is 2.39. The third-order valence-electron chi connectivity index (χ3n) is 3.42. The number of ether oxygens (including phenoxy) is 1. The van der Waals surface area contributed by atoms with Gasteiger partial charge in [0.2, 0.25) is 0 Å². The zero-order valence-electron chi connectivity index (χ0n) is 10.6. The molecule has 2 rings (SSSR count). The Kier molecular flexibility index (Phi) is 4.17. The Bertz CT molecular complexity index is 389. The summed E-state index contributed by atoms with van der Waals surface area (Å²) in [4.78, 5) is 0. The van der Waals surface area contributed by atoms with Crippen molar-refractivity contribution in [3.8, 4) is 5.75 Å². The molecule has 0 saturated carbocycles. The van der Waals surface area contributed by atoms with E-state index in [1.165, 1.54) is 13.2 Å². The van der Waals surface area contributed by atoms with Gasteiger partial charge in [0.15, 0.2) is 0 Å². The molecule has 100 valence electrons. The van der Waals surface area contributed by atoms with Crippen LogP contribution in [0.5, 0.6) is 5.75 Å². The molecule has 1 aromatic rings. The van der Waals surface area contributed by atoms with E-state index in [4.69, 9.17) is 4.74 Å². The fourth-order valence-electron chi connectivity index (χ4n) is 2.46. The highest BCUT2D eigenvalue weighted by molar-refractivity contribution is 5.36. The standard InChI is InChI=1S/C14H19F2NO/c1-18-13-8-3-2-7-12(13)14(15,16)10-11-6-4-5-9-17-11/h2-3,7-8,11,17H,4-6,9-10H2,1H3. The predicted octanol–water partition coefficient (Wildman–Crippen LogP) is 3.32. The molecule has 1 fully saturated rings. The number of hydrogen-bond donors (Lipinski definition) is 1. The first-order valence-corrected chi connectivity index (χ1v) is 6.38. The molecule has 1 aromatic carbocycles. The Morgan fingerprint density at radius 3 is 2.78 bits per heavy atom. The van der Waals surface area contributed by atoms with Gasteiger partial charge in [-0.25, -0.2) is 8.78 Å². The lowest BCUT2D eigenvalue weighted by atomic mass is 9.94. The van der Waals surface area contributed by atoms with Gasteiger partial charge in [-0.05, 0) is 31.5 Å². The van der Waals surface area contributed by atoms with Crippen LogP contribution in [0.3, 0.4) is 0 Å². The summed E-state index contributed by atoms with van der Waals surface area (Å²) in [5, 5.41) is 3.16. The fourth-order valence-corrected chi connectivity index (χ4v) is 2.46. The third-order valence-corrected chi connectivity index (χ3v) is 3.42. The maximum Gasteiger partial charge on any atom is 0.278 e. The molecule has 1 saturated heterocycles. The molecule has 18 heavy (non-hydrogen) atoms. The molecule has 1 atom stereocenters. The Hall–Kier alpha value is -1.16. The number of hydrogen-bond acceptors (Lipinski definition) is 2. The summed E-state index contributed by atoms with van der Waals surface area (Å²) in [6.07, 6.45) is 2.77. The minimum Gasteiger partial charge on any atom is -0.496 e. The first kappa shape index (κ1) is 13.3. The van der Waals surface area contributed by atoms with E-state index in [-0.39, 0.29) is 23.8 Å². The van der Waals surface area contributed by atoms with Crippen LogP contribution in [-0.2, 0) is 5.92 Å². The molecule has 1 heterocycles. The number of halogens is 2. The van der Waals surface area contributed by atoms with Crippen LogP contribution < -0.4 is 10.1 Å². The van der Waals surface area contributed by atoms with E-state index in [2.05, 4.69) is 5.32 Å². The number of nitrogens with one attached hydrogen (secondary N) is 1. The second kappa shape index (κ2) is 5.65. The highest BCUT2D eigenvalue weighted by Gasteiger charge is 2.37. The minimum absolute atomic E-state index is 0.0140. The molecular formula is C14H19F2NO. The largest absolute Gasteiger partial charge is 0.496 e. The molecule has 0 spiro atoms. The van der Waals surface area contributed by atoms with Gasteiger partial charge < -0.3 is 10.1 Å². The monoisotopic (exact) mass is 255 g/mol. The number of rotatable bonds is 4. The Labute approximate surface area is 106 Å².